The molecule has 4 rings (SSSR count). The second-order valence-electron chi connectivity index (χ2n) is 5.25. The van der Waals surface area contributed by atoms with Gasteiger partial charge in [0.05, 0.1) is 11.0 Å². The molecular weight excluding hydrogens is 282 g/mol. The highest BCUT2D eigenvalue weighted by molar-refractivity contribution is 7.13. The van der Waals surface area contributed by atoms with Crippen LogP contribution >= 0.6 is 11.3 Å². The monoisotopic (exact) mass is 299 g/mol. The SMILES string of the molecule is Cn1c(N2CCN(c3nccs3)CC2)nc2ccccc21. The number of aromatic nitrogens is 3. The van der Waals surface area contributed by atoms with Crippen molar-refractivity contribution in [2.24, 2.45) is 7.05 Å². The van der Waals surface area contributed by atoms with E-state index in [0.29, 0.717) is 0 Å². The Balaban J connectivity index is 1.56. The predicted molar refractivity (Wildman–Crippen MR) is 87.3 cm³/mol. The lowest BCUT2D eigenvalue weighted by Crippen LogP contribution is -2.47. The lowest BCUT2D eigenvalue weighted by molar-refractivity contribution is 0.631. The molecule has 1 aliphatic heterocycles. The zero-order valence-corrected chi connectivity index (χ0v) is 12.8. The van der Waals surface area contributed by atoms with Gasteiger partial charge in [0.15, 0.2) is 5.13 Å². The molecule has 0 aliphatic carbocycles. The molecule has 2 aromatic heterocycles. The van der Waals surface area contributed by atoms with Gasteiger partial charge in [0, 0.05) is 44.8 Å². The standard InChI is InChI=1S/C15H17N5S/c1-18-13-5-3-2-4-12(13)17-14(18)19-7-9-20(10-8-19)15-16-6-11-21-15/h2-6,11H,7-10H2,1H3. The van der Waals surface area contributed by atoms with Crippen molar-refractivity contribution in [2.45, 2.75) is 0 Å². The molecule has 0 atom stereocenters. The van der Waals surface area contributed by atoms with Crippen LogP contribution in [0.15, 0.2) is 35.8 Å². The number of anilines is 2. The molecule has 108 valence electrons. The highest BCUT2D eigenvalue weighted by atomic mass is 32.1. The summed E-state index contributed by atoms with van der Waals surface area (Å²) in [6, 6.07) is 8.30. The molecule has 0 unspecified atom stereocenters. The van der Waals surface area contributed by atoms with Gasteiger partial charge in [-0.1, -0.05) is 12.1 Å². The van der Waals surface area contributed by atoms with E-state index in [-0.39, 0.29) is 0 Å². The average Bonchev–Trinajstić information content (AvgIpc) is 3.17. The number of hydrogen-bond acceptors (Lipinski definition) is 5. The summed E-state index contributed by atoms with van der Waals surface area (Å²) in [5.74, 6) is 1.06. The summed E-state index contributed by atoms with van der Waals surface area (Å²) in [4.78, 5) is 13.9. The Morgan fingerprint density at radius 3 is 2.52 bits per heavy atom. The van der Waals surface area contributed by atoms with Crippen molar-refractivity contribution in [1.82, 2.24) is 14.5 Å². The van der Waals surface area contributed by atoms with Crippen LogP contribution in [0, 0.1) is 0 Å². The third-order valence-corrected chi connectivity index (χ3v) is 4.85. The molecule has 0 saturated carbocycles. The van der Waals surface area contributed by atoms with Gasteiger partial charge in [-0.05, 0) is 12.1 Å². The maximum absolute atomic E-state index is 4.78. The Bertz CT molecular complexity index is 741. The Kier molecular flexibility index (Phi) is 3.03. The molecule has 0 N–H and O–H groups in total. The molecule has 1 fully saturated rings. The van der Waals surface area contributed by atoms with E-state index in [1.807, 2.05) is 17.6 Å². The number of fused-ring (bicyclic) bond motifs is 1. The van der Waals surface area contributed by atoms with Gasteiger partial charge in [0.1, 0.15) is 0 Å². The summed E-state index contributed by atoms with van der Waals surface area (Å²) in [6.07, 6.45) is 1.87. The van der Waals surface area contributed by atoms with Crippen molar-refractivity contribution in [3.8, 4) is 0 Å². The second-order valence-corrected chi connectivity index (χ2v) is 6.12. The third-order valence-electron chi connectivity index (χ3n) is 4.02. The van der Waals surface area contributed by atoms with Crippen LogP contribution in [-0.4, -0.2) is 40.7 Å². The molecule has 6 heteroatoms. The lowest BCUT2D eigenvalue weighted by Gasteiger charge is -2.35. The summed E-state index contributed by atoms with van der Waals surface area (Å²) in [5.41, 5.74) is 2.26. The molecular formula is C15H17N5S. The van der Waals surface area contributed by atoms with Crippen molar-refractivity contribution in [2.75, 3.05) is 36.0 Å². The van der Waals surface area contributed by atoms with Gasteiger partial charge in [-0.15, -0.1) is 11.3 Å². The predicted octanol–water partition coefficient (Wildman–Crippen LogP) is 2.36. The molecule has 0 bridgehead atoms. The molecule has 3 heterocycles. The van der Waals surface area contributed by atoms with Crippen LogP contribution in [0.2, 0.25) is 0 Å². The molecule has 5 nitrogen and oxygen atoms in total. The van der Waals surface area contributed by atoms with Crippen LogP contribution in [0.1, 0.15) is 0 Å². The summed E-state index contributed by atoms with van der Waals surface area (Å²) in [5, 5.41) is 3.16. The smallest absolute Gasteiger partial charge is 0.206 e. The van der Waals surface area contributed by atoms with Crippen LogP contribution in [0.4, 0.5) is 11.1 Å². The third kappa shape index (κ3) is 2.15. The normalized spacial score (nSPS) is 15.9. The van der Waals surface area contributed by atoms with Crippen molar-refractivity contribution in [3.05, 3.63) is 35.8 Å². The minimum absolute atomic E-state index is 0.983. The first-order valence-electron chi connectivity index (χ1n) is 7.14. The summed E-state index contributed by atoms with van der Waals surface area (Å²) < 4.78 is 2.19. The highest BCUT2D eigenvalue weighted by Gasteiger charge is 2.22. The number of piperazine rings is 1. The summed E-state index contributed by atoms with van der Waals surface area (Å²) >= 11 is 1.71. The Hall–Kier alpha value is -2.08. The van der Waals surface area contributed by atoms with Gasteiger partial charge < -0.3 is 14.4 Å². The quantitative estimate of drug-likeness (QED) is 0.728. The van der Waals surface area contributed by atoms with E-state index in [4.69, 9.17) is 4.98 Å². The number of para-hydroxylation sites is 2. The number of benzene rings is 1. The van der Waals surface area contributed by atoms with Gasteiger partial charge in [-0.2, -0.15) is 0 Å². The molecule has 21 heavy (non-hydrogen) atoms. The van der Waals surface area contributed by atoms with Gasteiger partial charge in [-0.25, -0.2) is 9.97 Å². The molecule has 0 amide bonds. The Morgan fingerprint density at radius 2 is 1.81 bits per heavy atom. The fraction of sp³-hybridized carbons (Fsp3) is 0.333. The maximum Gasteiger partial charge on any atom is 0.206 e. The number of aryl methyl sites for hydroxylation is 1. The van der Waals surface area contributed by atoms with Crippen molar-refractivity contribution >= 4 is 33.5 Å². The van der Waals surface area contributed by atoms with Gasteiger partial charge in [0.25, 0.3) is 0 Å². The summed E-state index contributed by atoms with van der Waals surface area (Å²) in [7, 11) is 2.10. The molecule has 3 aromatic rings. The fourth-order valence-corrected chi connectivity index (χ4v) is 3.58. The second kappa shape index (κ2) is 5.04. The fourth-order valence-electron chi connectivity index (χ4n) is 2.89. The molecule has 1 saturated heterocycles. The van der Waals surface area contributed by atoms with Crippen molar-refractivity contribution < 1.29 is 0 Å². The summed E-state index contributed by atoms with van der Waals surface area (Å²) in [6.45, 7) is 3.96. The van der Waals surface area contributed by atoms with Gasteiger partial charge in [-0.3, -0.25) is 0 Å². The van der Waals surface area contributed by atoms with Crippen molar-refractivity contribution in [3.63, 3.8) is 0 Å². The Labute approximate surface area is 127 Å². The number of hydrogen-bond donors (Lipinski definition) is 0. The average molecular weight is 299 g/mol. The number of thiazole rings is 1. The van der Waals surface area contributed by atoms with Crippen LogP contribution in [0.5, 0.6) is 0 Å². The van der Waals surface area contributed by atoms with E-state index in [1.54, 1.807) is 11.3 Å². The van der Waals surface area contributed by atoms with Crippen LogP contribution in [-0.2, 0) is 7.05 Å². The molecule has 1 aromatic carbocycles. The van der Waals surface area contributed by atoms with Crippen LogP contribution in [0.25, 0.3) is 11.0 Å². The van der Waals surface area contributed by atoms with E-state index >= 15 is 0 Å². The van der Waals surface area contributed by atoms with Gasteiger partial charge in [0.2, 0.25) is 5.95 Å². The highest BCUT2D eigenvalue weighted by Crippen LogP contribution is 2.24. The Morgan fingerprint density at radius 1 is 1.05 bits per heavy atom. The largest absolute Gasteiger partial charge is 0.345 e. The lowest BCUT2D eigenvalue weighted by atomic mass is 10.3. The number of nitrogens with zero attached hydrogens (tertiary/aromatic N) is 5. The first-order chi connectivity index (χ1) is 10.3. The maximum atomic E-state index is 4.78. The molecule has 1 aliphatic rings. The minimum Gasteiger partial charge on any atom is -0.345 e. The van der Waals surface area contributed by atoms with E-state index in [2.05, 4.69) is 44.6 Å². The van der Waals surface area contributed by atoms with Gasteiger partial charge >= 0.3 is 0 Å². The number of imidazole rings is 1. The van der Waals surface area contributed by atoms with Crippen LogP contribution in [0.3, 0.4) is 0 Å². The zero-order chi connectivity index (χ0) is 14.2. The first kappa shape index (κ1) is 12.6. The molecule has 0 spiro atoms. The van der Waals surface area contributed by atoms with E-state index < -0.39 is 0 Å². The topological polar surface area (TPSA) is 37.2 Å². The van der Waals surface area contributed by atoms with E-state index in [9.17, 15) is 0 Å². The minimum atomic E-state index is 0.983. The van der Waals surface area contributed by atoms with Crippen molar-refractivity contribution in [1.29, 1.82) is 0 Å². The number of rotatable bonds is 2. The first-order valence-corrected chi connectivity index (χ1v) is 8.02. The zero-order valence-electron chi connectivity index (χ0n) is 11.9. The van der Waals surface area contributed by atoms with Crippen LogP contribution < -0.4 is 9.80 Å². The van der Waals surface area contributed by atoms with E-state index in [0.717, 1.165) is 42.8 Å². The van der Waals surface area contributed by atoms with E-state index in [1.165, 1.54) is 5.52 Å². The molecule has 0 radical (unpaired) electrons.